The monoisotopic (exact) mass is 2350 g/mol. The van der Waals surface area contributed by atoms with Gasteiger partial charge in [0.2, 0.25) is 0 Å². The van der Waals surface area contributed by atoms with Crippen molar-refractivity contribution in [3.05, 3.63) is 127 Å². The largest absolute Gasteiger partial charge is 0.463 e. The van der Waals surface area contributed by atoms with Gasteiger partial charge in [-0.05, 0) is 280 Å². The zero-order valence-electron chi connectivity index (χ0n) is 88.5. The molecule has 0 aromatic carbocycles. The molecule has 1 aliphatic heterocycles. The van der Waals surface area contributed by atoms with Crippen LogP contribution in [0.2, 0.25) is 178 Å². The molecule has 4 atom stereocenters. The number of hydrogen-bond donors (Lipinski definition) is 4. The number of aliphatic hydroxyl groups excluding tert-OH is 2. The molecule has 0 aromatic rings. The molecule has 0 bridgehead atoms. The molecule has 1 aliphatic rings. The van der Waals surface area contributed by atoms with Crippen LogP contribution >= 0.6 is 23.5 Å². The van der Waals surface area contributed by atoms with Gasteiger partial charge in [0.15, 0.2) is 67.4 Å². The normalized spacial score (nSPS) is 17.6. The fourth-order valence-electron chi connectivity index (χ4n) is 14.0. The van der Waals surface area contributed by atoms with Crippen molar-refractivity contribution in [3.8, 4) is 0 Å². The van der Waals surface area contributed by atoms with E-state index in [0.29, 0.717) is 95.2 Å². The molecule has 0 aliphatic carbocycles. The number of esters is 11. The van der Waals surface area contributed by atoms with Gasteiger partial charge in [-0.3, -0.25) is 9.59 Å². The Labute approximate surface area is 913 Å². The van der Waals surface area contributed by atoms with Crippen molar-refractivity contribution in [2.24, 2.45) is 0 Å². The number of carbonyl (C=O) groups is 13. The molecule has 4 unspecified atom stereocenters. The molecular formula is C98H192N2O36S2Si11. The SMILES string of the molecule is C.C.C.C.C.C.C=CC(=O)OC(C)SC(=O)NCCC[Si](C)(C)O[Si](C)(C)CCCNC(=O)SC(C)OC(=O)C=C.C=CC(=O)OCC(=O)OCCC[Si](C)(C)O[Si](C)(C)C.C=CC(=O)OCC(O)COCCC[Si](C)(C)O[Si](C)(C)CCCOCC(O)COC(=O)C=C.C=CC(=O)OCCC[Si]1(C)O[Si](C)(CCCOC(=O)C=C)O[Si](C)(CCCOC(=O)C=C)O[Si](C)(CCCOC(=O)C=C)O[Si](C)(CCCOC(=O)C=C)O1. The molecule has 0 saturated carbocycles. The second-order valence-electron chi connectivity index (χ2n) is 37.5. The number of hydrogen-bond acceptors (Lipinski definition) is 38. The van der Waals surface area contributed by atoms with Gasteiger partial charge in [-0.25, -0.2) is 52.7 Å². The minimum atomic E-state index is -3.31. The Bertz CT molecular complexity index is 3640. The van der Waals surface area contributed by atoms with Crippen LogP contribution in [0.4, 0.5) is 9.59 Å². The zero-order valence-corrected chi connectivity index (χ0v) is 101. The maximum Gasteiger partial charge on any atom is 0.344 e. The number of carbonyl (C=O) groups excluding carboxylic acids is 13. The summed E-state index contributed by atoms with van der Waals surface area (Å²) in [5.41, 5.74) is -1.16. The van der Waals surface area contributed by atoms with Gasteiger partial charge in [0.25, 0.3) is 10.5 Å². The van der Waals surface area contributed by atoms with E-state index in [4.69, 9.17) is 89.8 Å². The van der Waals surface area contributed by atoms with E-state index in [1.165, 1.54) is 0 Å². The lowest BCUT2D eigenvalue weighted by Crippen LogP contribution is -2.67. The lowest BCUT2D eigenvalue weighted by Gasteiger charge is -2.50. The molecule has 149 heavy (non-hydrogen) atoms. The number of aliphatic hydroxyl groups is 2. The van der Waals surface area contributed by atoms with Gasteiger partial charge in [-0.2, -0.15) is 0 Å². The Balaban J connectivity index is -0.000000261. The van der Waals surface area contributed by atoms with E-state index < -0.39 is 181 Å². The van der Waals surface area contributed by atoms with Crippen molar-refractivity contribution in [1.82, 2.24) is 10.6 Å². The van der Waals surface area contributed by atoms with Crippen molar-refractivity contribution in [2.45, 2.75) is 324 Å². The molecule has 0 aromatic heterocycles. The Hall–Kier alpha value is -6.88. The summed E-state index contributed by atoms with van der Waals surface area (Å²) in [6.45, 7) is 77.6. The maximum absolute atomic E-state index is 12.0. The summed E-state index contributed by atoms with van der Waals surface area (Å²) in [5, 5.41) is 24.6. The lowest BCUT2D eigenvalue weighted by atomic mass is 10.4. The summed E-state index contributed by atoms with van der Waals surface area (Å²) < 4.78 is 122. The second kappa shape index (κ2) is 85.4. The Morgan fingerprint density at radius 1 is 0.295 bits per heavy atom. The van der Waals surface area contributed by atoms with E-state index in [9.17, 15) is 72.5 Å². The summed E-state index contributed by atoms with van der Waals surface area (Å²) in [4.78, 5) is 149. The van der Waals surface area contributed by atoms with E-state index in [-0.39, 0.29) is 121 Å². The van der Waals surface area contributed by atoms with Crippen LogP contribution in [-0.2, 0) is 147 Å². The highest BCUT2D eigenvalue weighted by atomic mass is 32.2. The molecule has 2 amide bonds. The van der Waals surface area contributed by atoms with Crippen LogP contribution < -0.4 is 10.6 Å². The number of amides is 2. The average molecular weight is 2350 g/mol. The molecule has 1 saturated heterocycles. The third kappa shape index (κ3) is 90.1. The van der Waals surface area contributed by atoms with Gasteiger partial charge in [0.1, 0.15) is 25.4 Å². The summed E-state index contributed by atoms with van der Waals surface area (Å²) in [5.74, 6) is -6.17. The fourth-order valence-corrected chi connectivity index (χ4v) is 69.9. The molecule has 38 nitrogen and oxygen atoms in total. The minimum Gasteiger partial charge on any atom is -0.463 e. The molecule has 51 heteroatoms. The number of thioether (sulfide) groups is 2. The first-order valence-corrected chi connectivity index (χ1v) is 81.0. The van der Waals surface area contributed by atoms with Gasteiger partial charge in [0, 0.05) is 87.1 Å². The highest BCUT2D eigenvalue weighted by molar-refractivity contribution is 8.14. The molecule has 866 valence electrons. The van der Waals surface area contributed by atoms with Crippen molar-refractivity contribution in [3.63, 3.8) is 0 Å². The van der Waals surface area contributed by atoms with Gasteiger partial charge in [-0.1, -0.05) is 110 Å². The predicted molar refractivity (Wildman–Crippen MR) is 619 cm³/mol. The van der Waals surface area contributed by atoms with E-state index in [1.807, 2.05) is 32.7 Å². The maximum atomic E-state index is 12.0. The zero-order chi connectivity index (χ0) is 110. The average Bonchev–Trinajstić information content (AvgIpc) is 0.763. The quantitative estimate of drug-likeness (QED) is 0.0110. The Morgan fingerprint density at radius 2 is 0.510 bits per heavy atom. The van der Waals surface area contributed by atoms with Crippen LogP contribution in [0, 0.1) is 0 Å². The standard InChI is InChI=1S/C35H60O15Si5.C22H40N2O7S2Si2.C22H42O9Si2.C13H26O5Si2.6CH4/c1-11-31(36)41-21-16-26-51(6)46-52(7,27-17-22-42-32(37)12-2)48-54(9,29-19-24-44-34(39)14-4)50-55(10,30-20-25-45-35(40)15-5)49-53(8,47-51)28-18-23-43-33(38)13-3;1-9-19(25)29-17(3)32-21(27)23-13-11-15-34(5,6)31-35(7,8)16-12-14-24-22(28)33-18(4)30-20(26)10-2;1-7-21(25)29-17-19(23)15-27-11-9-13-32(3,4)31-33(5,6)14-10-12-28-16-20(24)18-30-22(26)8-2;1-7-12(14)17-11-13(15)16-9-8-10-20(5,6)18-19(2,3)4;;;;;;/h11-15H,1-5,16-30H2,6-10H3;9-10,17-18H,1-2,11-16H2,3-8H3,(H,23,27)(H,24,28);7-8,19-20,23-24H,1-2,9-18H2,3-6H3;7H,1,8-11H2,2-6H3;6*1H4. The summed E-state index contributed by atoms with van der Waals surface area (Å²) >= 11 is 1.84. The Morgan fingerprint density at radius 3 is 0.752 bits per heavy atom. The number of ether oxygens (including phenoxy) is 13. The predicted octanol–water partition coefficient (Wildman–Crippen LogP) is 20.2. The van der Waals surface area contributed by atoms with E-state index in [0.717, 1.165) is 147 Å². The van der Waals surface area contributed by atoms with E-state index in [1.54, 1.807) is 13.8 Å². The van der Waals surface area contributed by atoms with E-state index >= 15 is 0 Å². The molecular weight excluding hydrogens is 2150 g/mol. The molecule has 1 heterocycles. The molecule has 1 rings (SSSR count). The smallest absolute Gasteiger partial charge is 0.344 e. The van der Waals surface area contributed by atoms with Crippen molar-refractivity contribution < 1.29 is 167 Å². The number of rotatable bonds is 70. The highest BCUT2D eigenvalue weighted by Gasteiger charge is 2.57. The van der Waals surface area contributed by atoms with Gasteiger partial charge >= 0.3 is 108 Å². The first-order chi connectivity index (χ1) is 66.5. The van der Waals surface area contributed by atoms with Crippen LogP contribution in [-0.4, -0.2) is 301 Å². The van der Waals surface area contributed by atoms with Crippen LogP contribution in [0.5, 0.6) is 0 Å². The molecule has 0 radical (unpaired) electrons. The van der Waals surface area contributed by atoms with Gasteiger partial charge < -0.3 is 115 Å². The first kappa shape index (κ1) is 160. The summed E-state index contributed by atoms with van der Waals surface area (Å²) in [6.07, 6.45) is 15.1. The van der Waals surface area contributed by atoms with Crippen LogP contribution in [0.3, 0.4) is 0 Å². The minimum absolute atomic E-state index is 0. The van der Waals surface area contributed by atoms with E-state index in [2.05, 4.69) is 166 Å². The summed E-state index contributed by atoms with van der Waals surface area (Å²) in [6, 6.07) is 6.65. The molecule has 1 fully saturated rings. The fraction of sp³-hybridized carbons (Fsp3) is 0.663. The van der Waals surface area contributed by atoms with Crippen molar-refractivity contribution in [2.75, 3.05) is 99.0 Å². The molecule has 0 spiro atoms. The first-order valence-electron chi connectivity index (χ1n) is 47.6. The molecule has 4 N–H and O–H groups in total. The summed E-state index contributed by atoms with van der Waals surface area (Å²) in [7, 11) is -27.3. The van der Waals surface area contributed by atoms with Crippen LogP contribution in [0.25, 0.3) is 0 Å². The topological polar surface area (TPSA) is 480 Å². The highest BCUT2D eigenvalue weighted by Crippen LogP contribution is 2.40. The van der Waals surface area contributed by atoms with Crippen molar-refractivity contribution >= 4 is 192 Å². The van der Waals surface area contributed by atoms with Crippen LogP contribution in [0.1, 0.15) is 123 Å². The number of nitrogens with one attached hydrogen (secondary N) is 2. The Kier molecular flexibility index (Phi) is 91.5. The van der Waals surface area contributed by atoms with Crippen molar-refractivity contribution in [1.29, 1.82) is 0 Å². The third-order valence-electron chi connectivity index (χ3n) is 19.3. The lowest BCUT2D eigenvalue weighted by molar-refractivity contribution is -0.156. The van der Waals surface area contributed by atoms with Gasteiger partial charge in [0.05, 0.1) is 52.9 Å². The third-order valence-corrected chi connectivity index (χ3v) is 65.7. The van der Waals surface area contributed by atoms with Crippen LogP contribution in [0.15, 0.2) is 127 Å². The second-order valence-corrected chi connectivity index (χ2v) is 84.8. The van der Waals surface area contributed by atoms with Gasteiger partial charge in [-0.15, -0.1) is 0 Å².